The van der Waals surface area contributed by atoms with Crippen LogP contribution in [0.25, 0.3) is 11.0 Å². The predicted octanol–water partition coefficient (Wildman–Crippen LogP) is 2.76. The lowest BCUT2D eigenvalue weighted by atomic mass is 9.51. The fraction of sp³-hybridized carbons (Fsp3) is 0.556. The molecule has 2 aromatic heterocycles. The van der Waals surface area contributed by atoms with Crippen LogP contribution in [-0.2, 0) is 0 Å². The summed E-state index contributed by atoms with van der Waals surface area (Å²) in [4.78, 5) is 19.0. The van der Waals surface area contributed by atoms with Gasteiger partial charge in [-0.3, -0.25) is 0 Å². The number of hydrogen-bond donors (Lipinski definition) is 4. The molecule has 0 amide bonds. The molecule has 2 heterocycles. The van der Waals surface area contributed by atoms with Crippen LogP contribution in [0.2, 0.25) is 0 Å². The van der Waals surface area contributed by atoms with Crippen molar-refractivity contribution < 1.29 is 15.0 Å². The molecule has 2 aromatic rings. The first-order valence-corrected chi connectivity index (χ1v) is 8.65. The monoisotopic (exact) mass is 327 g/mol. The Bertz CT molecular complexity index is 829. The summed E-state index contributed by atoms with van der Waals surface area (Å²) < 4.78 is 0. The Labute approximate surface area is 139 Å². The number of rotatable bonds is 3. The van der Waals surface area contributed by atoms with Crippen LogP contribution >= 0.6 is 0 Å². The number of aromatic nitrogens is 2. The maximum Gasteiger partial charge on any atom is 0.339 e. The van der Waals surface area contributed by atoms with Crippen LogP contribution in [0.5, 0.6) is 0 Å². The molecule has 6 nitrogen and oxygen atoms in total. The van der Waals surface area contributed by atoms with E-state index in [2.05, 4.69) is 15.3 Å². The van der Waals surface area contributed by atoms with Crippen LogP contribution in [0.4, 0.5) is 5.69 Å². The summed E-state index contributed by atoms with van der Waals surface area (Å²) in [5.74, 6) is 0.109. The largest absolute Gasteiger partial charge is 0.478 e. The number of aromatic carboxylic acids is 1. The molecule has 0 aliphatic heterocycles. The first-order chi connectivity index (χ1) is 11.5. The number of carboxylic acids is 1. The van der Waals surface area contributed by atoms with E-state index in [1.165, 1.54) is 12.6 Å². The van der Waals surface area contributed by atoms with Gasteiger partial charge in [0.25, 0.3) is 0 Å². The third kappa shape index (κ3) is 1.99. The van der Waals surface area contributed by atoms with Crippen molar-refractivity contribution in [1.82, 2.24) is 9.97 Å². The number of H-pyrrole nitrogens is 1. The van der Waals surface area contributed by atoms with E-state index in [-0.39, 0.29) is 11.1 Å². The zero-order chi connectivity index (χ0) is 16.5. The van der Waals surface area contributed by atoms with Crippen LogP contribution in [0.1, 0.15) is 48.9 Å². The molecule has 0 spiro atoms. The summed E-state index contributed by atoms with van der Waals surface area (Å²) in [6, 6.07) is 1.87. The summed E-state index contributed by atoms with van der Waals surface area (Å²) in [5.41, 5.74) is 0.745. The zero-order valence-corrected chi connectivity index (χ0v) is 13.4. The predicted molar refractivity (Wildman–Crippen MR) is 89.0 cm³/mol. The highest BCUT2D eigenvalue weighted by Crippen LogP contribution is 2.58. The van der Waals surface area contributed by atoms with Crippen LogP contribution in [0.15, 0.2) is 18.5 Å². The van der Waals surface area contributed by atoms with Gasteiger partial charge in [-0.25, -0.2) is 9.78 Å². The lowest BCUT2D eigenvalue weighted by molar-refractivity contribution is -0.127. The molecule has 6 rings (SSSR count). The van der Waals surface area contributed by atoms with Gasteiger partial charge in [0.15, 0.2) is 0 Å². The van der Waals surface area contributed by atoms with E-state index >= 15 is 0 Å². The normalized spacial score (nSPS) is 37.0. The summed E-state index contributed by atoms with van der Waals surface area (Å²) in [5, 5.41) is 24.9. The number of aliphatic hydroxyl groups is 1. The lowest BCUT2D eigenvalue weighted by Crippen LogP contribution is -2.62. The van der Waals surface area contributed by atoms with E-state index in [1.807, 2.05) is 6.07 Å². The summed E-state index contributed by atoms with van der Waals surface area (Å²) >= 11 is 0. The number of hydrogen-bond acceptors (Lipinski definition) is 4. The number of aromatic amines is 1. The number of carboxylic acid groups (broad SMARTS) is 1. The molecule has 0 saturated heterocycles. The molecular formula is C18H21N3O3. The smallest absolute Gasteiger partial charge is 0.339 e. The SMILES string of the molecule is O=C(O)c1cnc2[nH]ccc2c1NC12CC3CC(CC(O)(C3)C1)C2. The Morgan fingerprint density at radius 2 is 2.04 bits per heavy atom. The Hall–Kier alpha value is -2.08. The Morgan fingerprint density at radius 3 is 2.71 bits per heavy atom. The fourth-order valence-corrected chi connectivity index (χ4v) is 5.93. The first-order valence-electron chi connectivity index (χ1n) is 8.65. The third-order valence-corrected chi connectivity index (χ3v) is 6.24. The van der Waals surface area contributed by atoms with Crippen molar-refractivity contribution in [2.45, 2.75) is 49.7 Å². The molecule has 4 saturated carbocycles. The molecule has 6 heteroatoms. The number of anilines is 1. The Balaban J connectivity index is 1.61. The van der Waals surface area contributed by atoms with E-state index in [4.69, 9.17) is 0 Å². The Morgan fingerprint density at radius 1 is 1.29 bits per heavy atom. The standard InChI is InChI=1S/C18H21N3O3/c22-16(23)13-8-20-15-12(1-2-19-15)14(13)21-17-4-10-3-11(5-17)7-18(24,6-10)9-17/h1-2,8,10-11,24H,3-7,9H2,(H,22,23)(H2,19,20,21). The molecule has 4 N–H and O–H groups in total. The molecule has 0 aromatic carbocycles. The lowest BCUT2D eigenvalue weighted by Gasteiger charge is -2.60. The van der Waals surface area contributed by atoms with Crippen molar-refractivity contribution in [2.75, 3.05) is 5.32 Å². The van der Waals surface area contributed by atoms with Crippen molar-refractivity contribution in [3.05, 3.63) is 24.0 Å². The van der Waals surface area contributed by atoms with Crippen molar-refractivity contribution in [3.8, 4) is 0 Å². The average molecular weight is 327 g/mol. The van der Waals surface area contributed by atoms with E-state index in [0.29, 0.717) is 29.6 Å². The quantitative estimate of drug-likeness (QED) is 0.695. The van der Waals surface area contributed by atoms with E-state index < -0.39 is 11.6 Å². The zero-order valence-electron chi connectivity index (χ0n) is 13.4. The van der Waals surface area contributed by atoms with Gasteiger partial charge in [-0.05, 0) is 56.4 Å². The van der Waals surface area contributed by atoms with E-state index in [1.54, 1.807) is 6.20 Å². The third-order valence-electron chi connectivity index (χ3n) is 6.24. The molecule has 2 unspecified atom stereocenters. The molecule has 24 heavy (non-hydrogen) atoms. The maximum absolute atomic E-state index is 11.7. The van der Waals surface area contributed by atoms with Gasteiger partial charge in [0.1, 0.15) is 11.2 Å². The molecule has 4 aliphatic rings. The average Bonchev–Trinajstić information content (AvgIpc) is 2.93. The molecular weight excluding hydrogens is 306 g/mol. The van der Waals surface area contributed by atoms with Crippen LogP contribution in [0, 0.1) is 11.8 Å². The van der Waals surface area contributed by atoms with Gasteiger partial charge in [-0.1, -0.05) is 0 Å². The fourth-order valence-electron chi connectivity index (χ4n) is 5.93. The molecule has 4 fully saturated rings. The van der Waals surface area contributed by atoms with Crippen molar-refractivity contribution in [1.29, 1.82) is 0 Å². The molecule has 0 radical (unpaired) electrons. The van der Waals surface area contributed by atoms with E-state index in [0.717, 1.165) is 31.1 Å². The maximum atomic E-state index is 11.7. The molecule has 2 atom stereocenters. The highest BCUT2D eigenvalue weighted by atomic mass is 16.4. The van der Waals surface area contributed by atoms with Gasteiger partial charge in [-0.2, -0.15) is 0 Å². The molecule has 4 aliphatic carbocycles. The minimum atomic E-state index is -0.975. The van der Waals surface area contributed by atoms with Gasteiger partial charge in [0.05, 0.1) is 11.3 Å². The number of nitrogens with one attached hydrogen (secondary N) is 2. The highest BCUT2D eigenvalue weighted by molar-refractivity contribution is 6.03. The number of nitrogens with zero attached hydrogens (tertiary/aromatic N) is 1. The number of fused-ring (bicyclic) bond motifs is 1. The summed E-state index contributed by atoms with van der Waals surface area (Å²) in [7, 11) is 0. The van der Waals surface area contributed by atoms with Gasteiger partial charge >= 0.3 is 5.97 Å². The van der Waals surface area contributed by atoms with Crippen molar-refractivity contribution >= 4 is 22.7 Å². The Kier molecular flexibility index (Phi) is 2.68. The van der Waals surface area contributed by atoms with Crippen LogP contribution in [-0.4, -0.2) is 37.3 Å². The second kappa shape index (κ2) is 4.51. The number of pyridine rings is 1. The van der Waals surface area contributed by atoms with Gasteiger partial charge in [0.2, 0.25) is 0 Å². The minimum Gasteiger partial charge on any atom is -0.478 e. The topological polar surface area (TPSA) is 98.2 Å². The number of carbonyl (C=O) groups is 1. The van der Waals surface area contributed by atoms with Gasteiger partial charge < -0.3 is 20.5 Å². The summed E-state index contributed by atoms with van der Waals surface area (Å²) in [6.45, 7) is 0. The highest BCUT2D eigenvalue weighted by Gasteiger charge is 2.57. The second-order valence-electron chi connectivity index (χ2n) is 8.18. The summed E-state index contributed by atoms with van der Waals surface area (Å²) in [6.07, 6.45) is 8.93. The van der Waals surface area contributed by atoms with Crippen LogP contribution in [0.3, 0.4) is 0 Å². The van der Waals surface area contributed by atoms with Crippen molar-refractivity contribution in [2.24, 2.45) is 11.8 Å². The first kappa shape index (κ1) is 14.3. The minimum absolute atomic E-state index is 0.199. The molecule has 4 bridgehead atoms. The van der Waals surface area contributed by atoms with Gasteiger partial charge in [0, 0.05) is 23.3 Å². The molecule has 126 valence electrons. The van der Waals surface area contributed by atoms with E-state index in [9.17, 15) is 15.0 Å². The van der Waals surface area contributed by atoms with Gasteiger partial charge in [-0.15, -0.1) is 0 Å². The van der Waals surface area contributed by atoms with Crippen LogP contribution < -0.4 is 5.32 Å². The van der Waals surface area contributed by atoms with Crippen molar-refractivity contribution in [3.63, 3.8) is 0 Å². The second-order valence-corrected chi connectivity index (χ2v) is 8.18.